The summed E-state index contributed by atoms with van der Waals surface area (Å²) in [6.45, 7) is 7.68. The van der Waals surface area contributed by atoms with E-state index in [4.69, 9.17) is 14.6 Å². The van der Waals surface area contributed by atoms with Gasteiger partial charge in [-0.05, 0) is 41.2 Å². The molecule has 3 aromatic carbocycles. The number of ether oxygens (including phenoxy) is 2. The van der Waals surface area contributed by atoms with Gasteiger partial charge in [-0.3, -0.25) is 0 Å². The molecule has 0 bridgehead atoms. The first-order chi connectivity index (χ1) is 18.2. The molecule has 0 unspecified atom stereocenters. The number of carboxylic acids is 1. The first-order valence-corrected chi connectivity index (χ1v) is 12.6. The number of benzene rings is 3. The molecule has 0 aliphatic carbocycles. The highest BCUT2D eigenvalue weighted by Crippen LogP contribution is 2.27. The fraction of sp³-hybridized carbons (Fsp3) is 0.290. The highest BCUT2D eigenvalue weighted by molar-refractivity contribution is 5.64. The van der Waals surface area contributed by atoms with Crippen LogP contribution in [0, 0.1) is 5.82 Å². The molecule has 0 aliphatic rings. The van der Waals surface area contributed by atoms with Crippen molar-refractivity contribution in [1.82, 2.24) is 9.78 Å². The summed E-state index contributed by atoms with van der Waals surface area (Å²) in [7, 11) is 0. The highest BCUT2D eigenvalue weighted by Gasteiger charge is 2.21. The Morgan fingerprint density at radius 1 is 0.895 bits per heavy atom. The lowest BCUT2D eigenvalue weighted by molar-refractivity contribution is -0.305. The summed E-state index contributed by atoms with van der Waals surface area (Å²) in [4.78, 5) is 10.6. The zero-order valence-corrected chi connectivity index (χ0v) is 21.9. The summed E-state index contributed by atoms with van der Waals surface area (Å²) in [5.41, 5.74) is 4.27. The van der Waals surface area contributed by atoms with Gasteiger partial charge in [-0.2, -0.15) is 5.10 Å². The van der Waals surface area contributed by atoms with E-state index >= 15 is 0 Å². The van der Waals surface area contributed by atoms with Gasteiger partial charge < -0.3 is 19.4 Å². The van der Waals surface area contributed by atoms with Crippen LogP contribution in [0.4, 0.5) is 4.39 Å². The van der Waals surface area contributed by atoms with Gasteiger partial charge in [-0.25, -0.2) is 9.07 Å². The predicted octanol–water partition coefficient (Wildman–Crippen LogP) is 5.21. The minimum absolute atomic E-state index is 0.0857. The Morgan fingerprint density at radius 2 is 1.55 bits per heavy atom. The minimum Gasteiger partial charge on any atom is -0.550 e. The molecule has 0 spiro atoms. The average molecular weight is 516 g/mol. The number of aromatic nitrogens is 2. The lowest BCUT2D eigenvalue weighted by Gasteiger charge is -2.14. The lowest BCUT2D eigenvalue weighted by atomic mass is 9.93. The van der Waals surface area contributed by atoms with Gasteiger partial charge in [-0.1, -0.05) is 81.4 Å². The summed E-state index contributed by atoms with van der Waals surface area (Å²) in [5, 5.41) is 15.4. The van der Waals surface area contributed by atoms with Crippen LogP contribution in [0.2, 0.25) is 0 Å². The number of rotatable bonds is 11. The van der Waals surface area contributed by atoms with E-state index in [9.17, 15) is 14.3 Å². The molecule has 0 saturated carbocycles. The summed E-state index contributed by atoms with van der Waals surface area (Å²) >= 11 is 0. The van der Waals surface area contributed by atoms with E-state index in [-0.39, 0.29) is 24.9 Å². The third-order valence-electron chi connectivity index (χ3n) is 6.12. The Kier molecular flexibility index (Phi) is 8.46. The molecule has 0 radical (unpaired) electrons. The maximum Gasteiger partial charge on any atom is 0.212 e. The number of aliphatic carboxylic acids is 1. The fourth-order valence-electron chi connectivity index (χ4n) is 3.86. The van der Waals surface area contributed by atoms with Gasteiger partial charge in [0.25, 0.3) is 0 Å². The van der Waals surface area contributed by atoms with E-state index < -0.39 is 11.8 Å². The second-order valence-electron chi connectivity index (χ2n) is 10.3. The summed E-state index contributed by atoms with van der Waals surface area (Å²) in [6.07, 6.45) is -0.136. The van der Waals surface area contributed by atoms with Gasteiger partial charge >= 0.3 is 0 Å². The van der Waals surface area contributed by atoms with Crippen LogP contribution in [-0.4, -0.2) is 15.7 Å². The number of nitrogens with zero attached hydrogens (tertiary/aromatic N) is 2. The monoisotopic (exact) mass is 515 g/mol. The van der Waals surface area contributed by atoms with Crippen LogP contribution in [0.3, 0.4) is 0 Å². The van der Waals surface area contributed by atoms with Gasteiger partial charge in [0.2, 0.25) is 5.88 Å². The van der Waals surface area contributed by atoms with Crippen LogP contribution < -0.4 is 14.6 Å². The van der Waals surface area contributed by atoms with Crippen LogP contribution in [0.5, 0.6) is 11.6 Å². The third kappa shape index (κ3) is 7.44. The molecular weight excluding hydrogens is 483 g/mol. The smallest absolute Gasteiger partial charge is 0.212 e. The SMILES string of the molecule is CC(C)(C)c1cc(OCc2ccccc2)n(Cc2ccc(COc3ccc(CCC(=O)[O-])c(F)c3)cc2)n1. The number of aryl methyl sites for hydroxylation is 1. The summed E-state index contributed by atoms with van der Waals surface area (Å²) < 4.78 is 28.0. The standard InChI is InChI=1S/C31H33FN2O4/c1-31(2,3)28-18-29(38-21-23-7-5-4-6-8-23)34(33-28)19-22-9-11-24(12-10-22)20-37-26-15-13-25(27(32)17-26)14-16-30(35)36/h4-13,15,17-18H,14,16,19-21H2,1-3H3,(H,35,36)/p-1. The van der Waals surface area contributed by atoms with Crippen LogP contribution in [0.15, 0.2) is 78.9 Å². The first kappa shape index (κ1) is 26.9. The first-order valence-electron chi connectivity index (χ1n) is 12.6. The Bertz CT molecular complexity index is 1360. The van der Waals surface area contributed by atoms with E-state index in [1.807, 2.05) is 65.3 Å². The molecule has 6 nitrogen and oxygen atoms in total. The zero-order valence-electron chi connectivity index (χ0n) is 21.9. The van der Waals surface area contributed by atoms with Gasteiger partial charge in [0.15, 0.2) is 0 Å². The van der Waals surface area contributed by atoms with E-state index in [0.29, 0.717) is 24.5 Å². The van der Waals surface area contributed by atoms with Crippen molar-refractivity contribution in [3.05, 3.63) is 113 Å². The van der Waals surface area contributed by atoms with Crippen molar-refractivity contribution in [2.45, 2.75) is 58.8 Å². The molecule has 0 saturated heterocycles. The number of carbonyl (C=O) groups is 1. The molecule has 0 atom stereocenters. The van der Waals surface area contributed by atoms with Crippen molar-refractivity contribution in [1.29, 1.82) is 0 Å². The predicted molar refractivity (Wildman–Crippen MR) is 141 cm³/mol. The van der Waals surface area contributed by atoms with Crippen LogP contribution in [-0.2, 0) is 36.4 Å². The summed E-state index contributed by atoms with van der Waals surface area (Å²) in [5.74, 6) is -0.587. The molecule has 198 valence electrons. The van der Waals surface area contributed by atoms with Gasteiger partial charge in [0.1, 0.15) is 24.8 Å². The molecule has 0 amide bonds. The Labute approximate surface area is 222 Å². The average Bonchev–Trinajstić information content (AvgIpc) is 3.30. The Balaban J connectivity index is 1.39. The quantitative estimate of drug-likeness (QED) is 0.274. The van der Waals surface area contributed by atoms with Crippen molar-refractivity contribution in [3.63, 3.8) is 0 Å². The molecule has 0 aliphatic heterocycles. The van der Waals surface area contributed by atoms with Crippen molar-refractivity contribution >= 4 is 5.97 Å². The van der Waals surface area contributed by atoms with E-state index in [2.05, 4.69) is 20.8 Å². The number of halogens is 1. The van der Waals surface area contributed by atoms with E-state index in [1.54, 1.807) is 12.1 Å². The van der Waals surface area contributed by atoms with Gasteiger partial charge in [0.05, 0.1) is 12.2 Å². The summed E-state index contributed by atoms with van der Waals surface area (Å²) in [6, 6.07) is 24.5. The largest absolute Gasteiger partial charge is 0.550 e. The topological polar surface area (TPSA) is 76.4 Å². The Morgan fingerprint density at radius 3 is 2.21 bits per heavy atom. The molecule has 1 aromatic heterocycles. The van der Waals surface area contributed by atoms with Crippen LogP contribution in [0.1, 0.15) is 55.1 Å². The molecule has 0 fully saturated rings. The highest BCUT2D eigenvalue weighted by atomic mass is 19.1. The molecule has 0 N–H and O–H groups in total. The fourth-order valence-corrected chi connectivity index (χ4v) is 3.86. The number of hydrogen-bond donors (Lipinski definition) is 0. The maximum atomic E-state index is 14.2. The lowest BCUT2D eigenvalue weighted by Crippen LogP contribution is -2.22. The van der Waals surface area contributed by atoms with Crippen molar-refractivity contribution < 1.29 is 23.8 Å². The minimum atomic E-state index is -1.20. The van der Waals surface area contributed by atoms with Crippen LogP contribution >= 0.6 is 0 Å². The second-order valence-corrected chi connectivity index (χ2v) is 10.3. The molecule has 7 heteroatoms. The maximum absolute atomic E-state index is 14.2. The van der Waals surface area contributed by atoms with Crippen LogP contribution in [0.25, 0.3) is 0 Å². The van der Waals surface area contributed by atoms with E-state index in [1.165, 1.54) is 6.07 Å². The van der Waals surface area contributed by atoms with Gasteiger partial charge in [0, 0.05) is 23.5 Å². The second kappa shape index (κ2) is 11.9. The van der Waals surface area contributed by atoms with Crippen molar-refractivity contribution in [2.75, 3.05) is 0 Å². The molecule has 1 heterocycles. The van der Waals surface area contributed by atoms with Crippen molar-refractivity contribution in [2.24, 2.45) is 0 Å². The molecule has 4 aromatic rings. The molecule has 38 heavy (non-hydrogen) atoms. The van der Waals surface area contributed by atoms with E-state index in [0.717, 1.165) is 28.3 Å². The third-order valence-corrected chi connectivity index (χ3v) is 6.12. The number of carboxylic acid groups (broad SMARTS) is 1. The zero-order chi connectivity index (χ0) is 27.1. The number of carbonyl (C=O) groups excluding carboxylic acids is 1. The van der Waals surface area contributed by atoms with Gasteiger partial charge in [-0.15, -0.1) is 0 Å². The van der Waals surface area contributed by atoms with Crippen molar-refractivity contribution in [3.8, 4) is 11.6 Å². The normalized spacial score (nSPS) is 11.4. The Hall–Kier alpha value is -4.13. The molecular formula is C31H32FN2O4-. The molecule has 4 rings (SSSR count). The number of hydrogen-bond acceptors (Lipinski definition) is 5.